The SMILES string of the molecule is O=C(CNC(=O)C1CCCN(Cc2ccccc2)C1)Nc1cccc2ccccc12. The molecule has 154 valence electrons. The molecule has 30 heavy (non-hydrogen) atoms. The molecule has 1 atom stereocenters. The number of nitrogens with zero attached hydrogens (tertiary/aromatic N) is 1. The van der Waals surface area contributed by atoms with Gasteiger partial charge in [0.2, 0.25) is 11.8 Å². The van der Waals surface area contributed by atoms with Crippen molar-refractivity contribution in [1.29, 1.82) is 0 Å². The van der Waals surface area contributed by atoms with Gasteiger partial charge in [0.25, 0.3) is 0 Å². The van der Waals surface area contributed by atoms with Crippen molar-refractivity contribution in [1.82, 2.24) is 10.2 Å². The van der Waals surface area contributed by atoms with Crippen LogP contribution in [0.4, 0.5) is 5.69 Å². The number of likely N-dealkylation sites (tertiary alicyclic amines) is 1. The van der Waals surface area contributed by atoms with Crippen molar-refractivity contribution in [2.45, 2.75) is 19.4 Å². The summed E-state index contributed by atoms with van der Waals surface area (Å²) in [7, 11) is 0. The largest absolute Gasteiger partial charge is 0.347 e. The maximum Gasteiger partial charge on any atom is 0.243 e. The van der Waals surface area contributed by atoms with E-state index in [1.165, 1.54) is 5.56 Å². The summed E-state index contributed by atoms with van der Waals surface area (Å²) in [5.74, 6) is -0.328. The summed E-state index contributed by atoms with van der Waals surface area (Å²) in [4.78, 5) is 27.4. The summed E-state index contributed by atoms with van der Waals surface area (Å²) < 4.78 is 0. The van der Waals surface area contributed by atoms with Gasteiger partial charge in [0.15, 0.2) is 0 Å². The molecule has 5 heteroatoms. The molecule has 3 aromatic carbocycles. The fourth-order valence-corrected chi connectivity index (χ4v) is 4.10. The number of amides is 2. The molecule has 0 aromatic heterocycles. The zero-order valence-corrected chi connectivity index (χ0v) is 17.0. The molecule has 4 rings (SSSR count). The van der Waals surface area contributed by atoms with Crippen LogP contribution in [0.1, 0.15) is 18.4 Å². The highest BCUT2D eigenvalue weighted by molar-refractivity contribution is 6.03. The van der Waals surface area contributed by atoms with Gasteiger partial charge in [0, 0.05) is 24.2 Å². The molecule has 0 saturated carbocycles. The third kappa shape index (κ3) is 5.05. The van der Waals surface area contributed by atoms with E-state index in [9.17, 15) is 9.59 Å². The first kappa shape index (κ1) is 20.1. The minimum Gasteiger partial charge on any atom is -0.347 e. The van der Waals surface area contributed by atoms with E-state index in [2.05, 4.69) is 27.7 Å². The Kier molecular flexibility index (Phi) is 6.40. The van der Waals surface area contributed by atoms with Crippen LogP contribution in [0.15, 0.2) is 72.8 Å². The van der Waals surface area contributed by atoms with Gasteiger partial charge in [-0.05, 0) is 36.4 Å². The average Bonchev–Trinajstić information content (AvgIpc) is 2.78. The molecule has 3 aromatic rings. The number of carbonyl (C=O) groups excluding carboxylic acids is 2. The van der Waals surface area contributed by atoms with Crippen molar-refractivity contribution in [2.75, 3.05) is 25.0 Å². The number of hydrogen-bond acceptors (Lipinski definition) is 3. The van der Waals surface area contributed by atoms with Gasteiger partial charge in [-0.3, -0.25) is 14.5 Å². The first-order valence-electron chi connectivity index (χ1n) is 10.5. The van der Waals surface area contributed by atoms with Gasteiger partial charge < -0.3 is 10.6 Å². The van der Waals surface area contributed by atoms with Crippen LogP contribution in [0.3, 0.4) is 0 Å². The second-order valence-electron chi connectivity index (χ2n) is 7.85. The minimum atomic E-state index is -0.211. The topological polar surface area (TPSA) is 61.4 Å². The number of fused-ring (bicyclic) bond motifs is 1. The summed E-state index contributed by atoms with van der Waals surface area (Å²) in [6.45, 7) is 2.56. The highest BCUT2D eigenvalue weighted by atomic mass is 16.2. The molecule has 1 unspecified atom stereocenters. The Morgan fingerprint density at radius 3 is 2.57 bits per heavy atom. The van der Waals surface area contributed by atoms with Gasteiger partial charge in [-0.25, -0.2) is 0 Å². The molecule has 1 heterocycles. The lowest BCUT2D eigenvalue weighted by Crippen LogP contribution is -2.44. The molecular formula is C25H27N3O2. The Morgan fingerprint density at radius 1 is 0.933 bits per heavy atom. The zero-order chi connectivity index (χ0) is 20.8. The second kappa shape index (κ2) is 9.55. The highest BCUT2D eigenvalue weighted by Crippen LogP contribution is 2.23. The summed E-state index contributed by atoms with van der Waals surface area (Å²) in [6, 6.07) is 24.0. The van der Waals surface area contributed by atoms with Gasteiger partial charge in [-0.2, -0.15) is 0 Å². The smallest absolute Gasteiger partial charge is 0.243 e. The van der Waals surface area contributed by atoms with Crippen LogP contribution in [0.25, 0.3) is 10.8 Å². The van der Waals surface area contributed by atoms with E-state index in [0.717, 1.165) is 48.9 Å². The van der Waals surface area contributed by atoms with Crippen LogP contribution < -0.4 is 10.6 Å². The van der Waals surface area contributed by atoms with Crippen LogP contribution in [0.5, 0.6) is 0 Å². The minimum absolute atomic E-state index is 0.0166. The van der Waals surface area contributed by atoms with Crippen molar-refractivity contribution >= 4 is 28.3 Å². The lowest BCUT2D eigenvalue weighted by atomic mass is 9.96. The van der Waals surface area contributed by atoms with E-state index in [-0.39, 0.29) is 24.3 Å². The fourth-order valence-electron chi connectivity index (χ4n) is 4.10. The summed E-state index contributed by atoms with van der Waals surface area (Å²) in [5.41, 5.74) is 2.02. The van der Waals surface area contributed by atoms with Crippen LogP contribution >= 0.6 is 0 Å². The molecule has 0 bridgehead atoms. The normalized spacial score (nSPS) is 16.9. The Hall–Kier alpha value is -3.18. The Labute approximate surface area is 177 Å². The van der Waals surface area contributed by atoms with Crippen molar-refractivity contribution in [3.63, 3.8) is 0 Å². The molecular weight excluding hydrogens is 374 g/mol. The summed E-state index contributed by atoms with van der Waals surface area (Å²) in [5, 5.41) is 7.81. The van der Waals surface area contributed by atoms with Gasteiger partial charge in [0.05, 0.1) is 12.5 Å². The molecule has 0 aliphatic carbocycles. The summed E-state index contributed by atoms with van der Waals surface area (Å²) >= 11 is 0. The third-order valence-electron chi connectivity index (χ3n) is 5.61. The van der Waals surface area contributed by atoms with Crippen molar-refractivity contribution in [3.05, 3.63) is 78.4 Å². The first-order valence-corrected chi connectivity index (χ1v) is 10.5. The molecule has 1 fully saturated rings. The number of benzene rings is 3. The summed E-state index contributed by atoms with van der Waals surface area (Å²) in [6.07, 6.45) is 1.86. The average molecular weight is 402 g/mol. The number of hydrogen-bond donors (Lipinski definition) is 2. The van der Waals surface area contributed by atoms with E-state index < -0.39 is 0 Å². The molecule has 0 radical (unpaired) electrons. The number of nitrogens with one attached hydrogen (secondary N) is 2. The zero-order valence-electron chi connectivity index (χ0n) is 17.0. The number of anilines is 1. The number of rotatable bonds is 6. The first-order chi connectivity index (χ1) is 14.7. The van der Waals surface area contributed by atoms with Gasteiger partial charge >= 0.3 is 0 Å². The van der Waals surface area contributed by atoms with Gasteiger partial charge in [0.1, 0.15) is 0 Å². The second-order valence-corrected chi connectivity index (χ2v) is 7.85. The van der Waals surface area contributed by atoms with Crippen LogP contribution in [0, 0.1) is 5.92 Å². The van der Waals surface area contributed by atoms with E-state index >= 15 is 0 Å². The number of piperidine rings is 1. The monoisotopic (exact) mass is 401 g/mol. The Balaban J connectivity index is 1.29. The van der Waals surface area contributed by atoms with Crippen LogP contribution in [0.2, 0.25) is 0 Å². The molecule has 5 nitrogen and oxygen atoms in total. The van der Waals surface area contributed by atoms with E-state index in [1.54, 1.807) is 0 Å². The number of carbonyl (C=O) groups is 2. The predicted molar refractivity (Wildman–Crippen MR) is 120 cm³/mol. The highest BCUT2D eigenvalue weighted by Gasteiger charge is 2.26. The van der Waals surface area contributed by atoms with Crippen molar-refractivity contribution in [3.8, 4) is 0 Å². The van der Waals surface area contributed by atoms with E-state index in [0.29, 0.717) is 0 Å². The van der Waals surface area contributed by atoms with Gasteiger partial charge in [-0.1, -0.05) is 66.7 Å². The molecule has 2 N–H and O–H groups in total. The van der Waals surface area contributed by atoms with Crippen molar-refractivity contribution < 1.29 is 9.59 Å². The lowest BCUT2D eigenvalue weighted by Gasteiger charge is -2.32. The van der Waals surface area contributed by atoms with Crippen LogP contribution in [-0.4, -0.2) is 36.3 Å². The molecule has 1 aliphatic heterocycles. The maximum absolute atomic E-state index is 12.6. The Morgan fingerprint density at radius 2 is 1.70 bits per heavy atom. The van der Waals surface area contributed by atoms with E-state index in [1.807, 2.05) is 60.7 Å². The lowest BCUT2D eigenvalue weighted by molar-refractivity contribution is -0.128. The van der Waals surface area contributed by atoms with Gasteiger partial charge in [-0.15, -0.1) is 0 Å². The van der Waals surface area contributed by atoms with Crippen molar-refractivity contribution in [2.24, 2.45) is 5.92 Å². The van der Waals surface area contributed by atoms with Crippen LogP contribution in [-0.2, 0) is 16.1 Å². The fraction of sp³-hybridized carbons (Fsp3) is 0.280. The third-order valence-corrected chi connectivity index (χ3v) is 5.61. The standard InChI is InChI=1S/C25H27N3O2/c29-24(27-23-14-6-11-20-10-4-5-13-22(20)23)16-26-25(30)21-12-7-15-28(18-21)17-19-8-2-1-3-9-19/h1-6,8-11,13-14,21H,7,12,15-18H2,(H,26,30)(H,27,29). The molecule has 2 amide bonds. The van der Waals surface area contributed by atoms with E-state index in [4.69, 9.17) is 0 Å². The Bertz CT molecular complexity index is 1010. The predicted octanol–water partition coefficient (Wildman–Crippen LogP) is 3.81. The molecule has 1 aliphatic rings. The quantitative estimate of drug-likeness (QED) is 0.660. The molecule has 0 spiro atoms. The maximum atomic E-state index is 12.6. The molecule has 1 saturated heterocycles.